The van der Waals surface area contributed by atoms with Gasteiger partial charge in [0.1, 0.15) is 11.2 Å². The first-order chi connectivity index (χ1) is 9.04. The molecule has 0 saturated carbocycles. The Morgan fingerprint density at radius 3 is 2.21 bits per heavy atom. The average Bonchev–Trinajstić information content (AvgIpc) is 2.48. The number of hydrogen-bond donors (Lipinski definition) is 0. The first-order valence-electron chi connectivity index (χ1n) is 6.38. The number of ether oxygens (including phenoxy) is 1. The van der Waals surface area contributed by atoms with Crippen LogP contribution in [0.5, 0.6) is 5.75 Å². The van der Waals surface area contributed by atoms with Gasteiger partial charge in [0.15, 0.2) is 0 Å². The molecule has 0 aliphatic heterocycles. The molecule has 1 rings (SSSR count). The molecule has 0 N–H and O–H groups in total. The standard InChI is InChI=1S/C15H20N2O2/c1-5-15(6-2,11-16)14(18)17(3)12-7-9-13(19-4)10-8-12/h7-10H,5-6H2,1-4H3. The van der Waals surface area contributed by atoms with Gasteiger partial charge in [-0.1, -0.05) is 13.8 Å². The predicted octanol–water partition coefficient (Wildman–Crippen LogP) is 2.99. The summed E-state index contributed by atoms with van der Waals surface area (Å²) >= 11 is 0. The van der Waals surface area contributed by atoms with Gasteiger partial charge in [-0.2, -0.15) is 5.26 Å². The largest absolute Gasteiger partial charge is 0.497 e. The van der Waals surface area contributed by atoms with Gasteiger partial charge in [-0.15, -0.1) is 0 Å². The molecule has 4 nitrogen and oxygen atoms in total. The van der Waals surface area contributed by atoms with E-state index in [0.29, 0.717) is 12.8 Å². The van der Waals surface area contributed by atoms with Crippen LogP contribution in [0, 0.1) is 16.7 Å². The van der Waals surface area contributed by atoms with E-state index in [1.807, 2.05) is 26.0 Å². The highest BCUT2D eigenvalue weighted by molar-refractivity contribution is 5.98. The Morgan fingerprint density at radius 2 is 1.84 bits per heavy atom. The van der Waals surface area contributed by atoms with E-state index in [2.05, 4.69) is 6.07 Å². The molecule has 0 bridgehead atoms. The van der Waals surface area contributed by atoms with Crippen LogP contribution in [0.4, 0.5) is 5.69 Å². The maximum absolute atomic E-state index is 12.5. The molecule has 0 heterocycles. The van der Waals surface area contributed by atoms with Crippen molar-refractivity contribution in [2.24, 2.45) is 5.41 Å². The molecule has 1 amide bonds. The molecule has 1 aromatic rings. The zero-order chi connectivity index (χ0) is 14.5. The smallest absolute Gasteiger partial charge is 0.247 e. The lowest BCUT2D eigenvalue weighted by atomic mass is 9.82. The zero-order valence-corrected chi connectivity index (χ0v) is 11.9. The molecular weight excluding hydrogens is 240 g/mol. The monoisotopic (exact) mass is 260 g/mol. The number of benzene rings is 1. The molecule has 0 aliphatic carbocycles. The van der Waals surface area contributed by atoms with E-state index in [0.717, 1.165) is 11.4 Å². The van der Waals surface area contributed by atoms with Gasteiger partial charge in [-0.3, -0.25) is 4.79 Å². The summed E-state index contributed by atoms with van der Waals surface area (Å²) in [4.78, 5) is 14.0. The Labute approximate surface area is 114 Å². The van der Waals surface area contributed by atoms with Gasteiger partial charge in [0.25, 0.3) is 0 Å². The third kappa shape index (κ3) is 2.87. The van der Waals surface area contributed by atoms with E-state index in [-0.39, 0.29) is 5.91 Å². The van der Waals surface area contributed by atoms with Crippen LogP contribution in [0.2, 0.25) is 0 Å². The molecule has 0 fully saturated rings. The molecule has 0 radical (unpaired) electrons. The minimum Gasteiger partial charge on any atom is -0.497 e. The number of carbonyl (C=O) groups is 1. The van der Waals surface area contributed by atoms with Crippen LogP contribution >= 0.6 is 0 Å². The van der Waals surface area contributed by atoms with Crippen LogP contribution in [0.25, 0.3) is 0 Å². The molecular formula is C15H20N2O2. The summed E-state index contributed by atoms with van der Waals surface area (Å²) in [6.45, 7) is 3.74. The predicted molar refractivity (Wildman–Crippen MR) is 75.0 cm³/mol. The fourth-order valence-corrected chi connectivity index (χ4v) is 2.00. The summed E-state index contributed by atoms with van der Waals surface area (Å²) in [5, 5.41) is 9.31. The summed E-state index contributed by atoms with van der Waals surface area (Å²) in [6, 6.07) is 9.38. The van der Waals surface area contributed by atoms with Crippen LogP contribution < -0.4 is 9.64 Å². The van der Waals surface area contributed by atoms with Crippen molar-refractivity contribution < 1.29 is 9.53 Å². The minimum absolute atomic E-state index is 0.162. The number of carbonyl (C=O) groups excluding carboxylic acids is 1. The quantitative estimate of drug-likeness (QED) is 0.817. The molecule has 4 heteroatoms. The Morgan fingerprint density at radius 1 is 1.32 bits per heavy atom. The number of nitrogens with zero attached hydrogens (tertiary/aromatic N) is 2. The molecule has 0 aromatic heterocycles. The molecule has 1 aromatic carbocycles. The first kappa shape index (κ1) is 15.0. The summed E-state index contributed by atoms with van der Waals surface area (Å²) in [7, 11) is 3.29. The molecule has 0 atom stereocenters. The highest BCUT2D eigenvalue weighted by atomic mass is 16.5. The number of rotatable bonds is 5. The molecule has 19 heavy (non-hydrogen) atoms. The molecule has 0 saturated heterocycles. The minimum atomic E-state index is -0.936. The second-order valence-corrected chi connectivity index (χ2v) is 4.46. The van der Waals surface area contributed by atoms with Crippen molar-refractivity contribution in [3.05, 3.63) is 24.3 Å². The van der Waals surface area contributed by atoms with Gasteiger partial charge in [-0.25, -0.2) is 0 Å². The van der Waals surface area contributed by atoms with E-state index in [1.54, 1.807) is 26.3 Å². The summed E-state index contributed by atoms with van der Waals surface area (Å²) < 4.78 is 5.08. The normalized spacial score (nSPS) is 10.7. The van der Waals surface area contributed by atoms with Gasteiger partial charge in [0.05, 0.1) is 13.2 Å². The third-order valence-corrected chi connectivity index (χ3v) is 3.59. The van der Waals surface area contributed by atoms with Gasteiger partial charge in [-0.05, 0) is 37.1 Å². The fourth-order valence-electron chi connectivity index (χ4n) is 2.00. The van der Waals surface area contributed by atoms with Crippen molar-refractivity contribution in [2.75, 3.05) is 19.1 Å². The van der Waals surface area contributed by atoms with Gasteiger partial charge < -0.3 is 9.64 Å². The summed E-state index contributed by atoms with van der Waals surface area (Å²) in [5.74, 6) is 0.576. The van der Waals surface area contributed by atoms with E-state index >= 15 is 0 Å². The lowest BCUT2D eigenvalue weighted by Gasteiger charge is -2.28. The van der Waals surface area contributed by atoms with E-state index in [9.17, 15) is 10.1 Å². The van der Waals surface area contributed by atoms with Crippen molar-refractivity contribution in [1.29, 1.82) is 5.26 Å². The van der Waals surface area contributed by atoms with Crippen molar-refractivity contribution in [1.82, 2.24) is 0 Å². The number of amides is 1. The number of anilines is 1. The average molecular weight is 260 g/mol. The topological polar surface area (TPSA) is 53.3 Å². The van der Waals surface area contributed by atoms with Crippen LogP contribution in [0.1, 0.15) is 26.7 Å². The van der Waals surface area contributed by atoms with Crippen LogP contribution in [-0.4, -0.2) is 20.1 Å². The van der Waals surface area contributed by atoms with Crippen molar-refractivity contribution >= 4 is 11.6 Å². The molecule has 0 unspecified atom stereocenters. The molecule has 0 spiro atoms. The lowest BCUT2D eigenvalue weighted by molar-refractivity contribution is -0.125. The SMILES string of the molecule is CCC(C#N)(CC)C(=O)N(C)c1ccc(OC)cc1. The highest BCUT2D eigenvalue weighted by Crippen LogP contribution is 2.30. The lowest BCUT2D eigenvalue weighted by Crippen LogP contribution is -2.40. The number of nitriles is 1. The summed E-state index contributed by atoms with van der Waals surface area (Å²) in [6.07, 6.45) is 1.03. The van der Waals surface area contributed by atoms with Gasteiger partial charge in [0, 0.05) is 12.7 Å². The van der Waals surface area contributed by atoms with Crippen molar-refractivity contribution in [3.63, 3.8) is 0 Å². The highest BCUT2D eigenvalue weighted by Gasteiger charge is 2.37. The molecule has 0 aliphatic rings. The second kappa shape index (κ2) is 6.24. The summed E-state index contributed by atoms with van der Waals surface area (Å²) in [5.41, 5.74) is -0.179. The number of methoxy groups -OCH3 is 1. The van der Waals surface area contributed by atoms with Crippen LogP contribution in [0.15, 0.2) is 24.3 Å². The Balaban J connectivity index is 3.01. The van der Waals surface area contributed by atoms with E-state index in [1.165, 1.54) is 4.90 Å². The maximum Gasteiger partial charge on any atom is 0.247 e. The third-order valence-electron chi connectivity index (χ3n) is 3.59. The second-order valence-electron chi connectivity index (χ2n) is 4.46. The van der Waals surface area contributed by atoms with Crippen LogP contribution in [-0.2, 0) is 4.79 Å². The Kier molecular flexibility index (Phi) is 4.94. The van der Waals surface area contributed by atoms with Crippen LogP contribution in [0.3, 0.4) is 0 Å². The van der Waals surface area contributed by atoms with E-state index in [4.69, 9.17) is 4.74 Å². The Bertz CT molecular complexity index is 470. The van der Waals surface area contributed by atoms with E-state index < -0.39 is 5.41 Å². The zero-order valence-electron chi connectivity index (χ0n) is 11.9. The van der Waals surface area contributed by atoms with Crippen molar-refractivity contribution in [2.45, 2.75) is 26.7 Å². The van der Waals surface area contributed by atoms with Crippen molar-refractivity contribution in [3.8, 4) is 11.8 Å². The van der Waals surface area contributed by atoms with Gasteiger partial charge in [0.2, 0.25) is 5.91 Å². The molecule has 102 valence electrons. The Hall–Kier alpha value is -2.02. The van der Waals surface area contributed by atoms with Gasteiger partial charge >= 0.3 is 0 Å². The maximum atomic E-state index is 12.5. The fraction of sp³-hybridized carbons (Fsp3) is 0.467. The number of hydrogen-bond acceptors (Lipinski definition) is 3. The first-order valence-corrected chi connectivity index (χ1v) is 6.38.